The standard InChI is InChI=1S/C11H17NO2/c1-11(2,3)14-10(13)6-4-5-9-7-12-8-9/h9,12H,5,7-8H2,1-3H3. The lowest BCUT2D eigenvalue weighted by Gasteiger charge is -2.24. The second-order valence-corrected chi connectivity index (χ2v) is 4.53. The molecule has 14 heavy (non-hydrogen) atoms. The van der Waals surface area contributed by atoms with Crippen LogP contribution in [0.25, 0.3) is 0 Å². The van der Waals surface area contributed by atoms with E-state index in [0.717, 1.165) is 19.5 Å². The van der Waals surface area contributed by atoms with E-state index in [0.29, 0.717) is 5.92 Å². The summed E-state index contributed by atoms with van der Waals surface area (Å²) < 4.78 is 5.04. The van der Waals surface area contributed by atoms with Gasteiger partial charge in [0.05, 0.1) is 0 Å². The Morgan fingerprint density at radius 3 is 2.57 bits per heavy atom. The highest BCUT2D eigenvalue weighted by atomic mass is 16.6. The van der Waals surface area contributed by atoms with Crippen LogP contribution in [0.5, 0.6) is 0 Å². The molecule has 0 amide bonds. The van der Waals surface area contributed by atoms with Crippen LogP contribution < -0.4 is 5.32 Å². The molecule has 0 atom stereocenters. The first-order valence-electron chi connectivity index (χ1n) is 4.90. The molecule has 0 spiro atoms. The van der Waals surface area contributed by atoms with Crippen LogP contribution in [0, 0.1) is 17.8 Å². The molecule has 1 N–H and O–H groups in total. The van der Waals surface area contributed by atoms with Gasteiger partial charge in [-0.05, 0) is 26.7 Å². The Kier molecular flexibility index (Phi) is 3.54. The molecule has 1 heterocycles. The quantitative estimate of drug-likeness (QED) is 0.384. The molecule has 1 fully saturated rings. The van der Waals surface area contributed by atoms with E-state index in [9.17, 15) is 4.79 Å². The van der Waals surface area contributed by atoms with E-state index in [2.05, 4.69) is 17.2 Å². The van der Waals surface area contributed by atoms with Gasteiger partial charge < -0.3 is 10.1 Å². The number of hydrogen-bond donors (Lipinski definition) is 1. The lowest BCUT2D eigenvalue weighted by Crippen LogP contribution is -2.41. The van der Waals surface area contributed by atoms with Crippen LogP contribution in [0.2, 0.25) is 0 Å². The van der Waals surface area contributed by atoms with Crippen LogP contribution in [0.4, 0.5) is 0 Å². The third kappa shape index (κ3) is 4.29. The first kappa shape index (κ1) is 11.1. The maximum atomic E-state index is 11.1. The Bertz CT molecular complexity index is 263. The first-order valence-corrected chi connectivity index (χ1v) is 4.90. The molecule has 1 aliphatic heterocycles. The summed E-state index contributed by atoms with van der Waals surface area (Å²) in [5.74, 6) is 5.53. The lowest BCUT2D eigenvalue weighted by molar-refractivity contribution is -0.147. The van der Waals surface area contributed by atoms with E-state index in [4.69, 9.17) is 4.74 Å². The SMILES string of the molecule is CC(C)(C)OC(=O)C#CCC1CNC1. The zero-order chi connectivity index (χ0) is 10.6. The summed E-state index contributed by atoms with van der Waals surface area (Å²) >= 11 is 0. The largest absolute Gasteiger partial charge is 0.450 e. The molecule has 0 aromatic heterocycles. The predicted octanol–water partition coefficient (Wildman–Crippen LogP) is 0.941. The van der Waals surface area contributed by atoms with Crippen molar-refractivity contribution < 1.29 is 9.53 Å². The summed E-state index contributed by atoms with van der Waals surface area (Å²) in [6.07, 6.45) is 0.784. The van der Waals surface area contributed by atoms with Crippen LogP contribution in [0.3, 0.4) is 0 Å². The minimum Gasteiger partial charge on any atom is -0.450 e. The van der Waals surface area contributed by atoms with E-state index in [1.165, 1.54) is 0 Å². The van der Waals surface area contributed by atoms with Crippen molar-refractivity contribution in [1.82, 2.24) is 5.32 Å². The van der Waals surface area contributed by atoms with Crippen molar-refractivity contribution in [3.63, 3.8) is 0 Å². The second kappa shape index (κ2) is 4.47. The molecule has 0 radical (unpaired) electrons. The molecule has 0 aliphatic carbocycles. The highest BCUT2D eigenvalue weighted by Gasteiger charge is 2.16. The van der Waals surface area contributed by atoms with Gasteiger partial charge in [-0.2, -0.15) is 0 Å². The van der Waals surface area contributed by atoms with Crippen LogP contribution in [-0.4, -0.2) is 24.7 Å². The Morgan fingerprint density at radius 1 is 1.50 bits per heavy atom. The van der Waals surface area contributed by atoms with Gasteiger partial charge in [-0.3, -0.25) is 0 Å². The second-order valence-electron chi connectivity index (χ2n) is 4.53. The summed E-state index contributed by atoms with van der Waals surface area (Å²) in [6.45, 7) is 7.54. The zero-order valence-electron chi connectivity index (χ0n) is 9.02. The molecule has 0 aromatic carbocycles. The smallest absolute Gasteiger partial charge is 0.384 e. The number of carbonyl (C=O) groups excluding carboxylic acids is 1. The maximum Gasteiger partial charge on any atom is 0.384 e. The predicted molar refractivity (Wildman–Crippen MR) is 54.6 cm³/mol. The van der Waals surface area contributed by atoms with Gasteiger partial charge in [0, 0.05) is 25.4 Å². The topological polar surface area (TPSA) is 38.3 Å². The van der Waals surface area contributed by atoms with E-state index >= 15 is 0 Å². The molecule has 0 aromatic rings. The normalized spacial score (nSPS) is 16.5. The van der Waals surface area contributed by atoms with Gasteiger partial charge >= 0.3 is 5.97 Å². The molecule has 1 rings (SSSR count). The zero-order valence-corrected chi connectivity index (χ0v) is 9.02. The highest BCUT2D eigenvalue weighted by molar-refractivity contribution is 5.88. The molecule has 1 saturated heterocycles. The van der Waals surface area contributed by atoms with Crippen LogP contribution in [-0.2, 0) is 9.53 Å². The Labute approximate surface area is 85.2 Å². The Balaban J connectivity index is 2.24. The van der Waals surface area contributed by atoms with Gasteiger partial charge in [0.2, 0.25) is 0 Å². The van der Waals surface area contributed by atoms with Crippen molar-refractivity contribution in [2.75, 3.05) is 13.1 Å². The fourth-order valence-corrected chi connectivity index (χ4v) is 1.06. The van der Waals surface area contributed by atoms with E-state index in [-0.39, 0.29) is 0 Å². The highest BCUT2D eigenvalue weighted by Crippen LogP contribution is 2.07. The van der Waals surface area contributed by atoms with Gasteiger partial charge in [0.15, 0.2) is 0 Å². The van der Waals surface area contributed by atoms with Crippen LogP contribution >= 0.6 is 0 Å². The summed E-state index contributed by atoms with van der Waals surface area (Å²) in [5, 5.41) is 3.15. The van der Waals surface area contributed by atoms with Crippen molar-refractivity contribution in [3.8, 4) is 11.8 Å². The van der Waals surface area contributed by atoms with E-state index < -0.39 is 11.6 Å². The number of nitrogens with one attached hydrogen (secondary N) is 1. The number of rotatable bonds is 1. The molecule has 78 valence electrons. The fraction of sp³-hybridized carbons (Fsp3) is 0.727. The molecule has 1 aliphatic rings. The molecule has 0 unspecified atom stereocenters. The average Bonchev–Trinajstić information content (AvgIpc) is 1.90. The number of carbonyl (C=O) groups is 1. The Hall–Kier alpha value is -1.01. The number of esters is 1. The van der Waals surface area contributed by atoms with Gasteiger partial charge in [0.25, 0.3) is 0 Å². The summed E-state index contributed by atoms with van der Waals surface area (Å²) in [5.41, 5.74) is -0.441. The van der Waals surface area contributed by atoms with Gasteiger partial charge in [-0.1, -0.05) is 5.92 Å². The van der Waals surface area contributed by atoms with Gasteiger partial charge in [0.1, 0.15) is 5.60 Å². The average molecular weight is 195 g/mol. The van der Waals surface area contributed by atoms with Crippen molar-refractivity contribution in [1.29, 1.82) is 0 Å². The van der Waals surface area contributed by atoms with Crippen LogP contribution in [0.15, 0.2) is 0 Å². The molecule has 0 bridgehead atoms. The van der Waals surface area contributed by atoms with Crippen LogP contribution in [0.1, 0.15) is 27.2 Å². The molecule has 3 heteroatoms. The minimum atomic E-state index is -0.441. The molecule has 0 saturated carbocycles. The molecule has 3 nitrogen and oxygen atoms in total. The van der Waals surface area contributed by atoms with Gasteiger partial charge in [-0.15, -0.1) is 0 Å². The van der Waals surface area contributed by atoms with Crippen molar-refractivity contribution >= 4 is 5.97 Å². The summed E-state index contributed by atoms with van der Waals surface area (Å²) in [4.78, 5) is 11.1. The summed E-state index contributed by atoms with van der Waals surface area (Å²) in [7, 11) is 0. The van der Waals surface area contributed by atoms with E-state index in [1.807, 2.05) is 20.8 Å². The Morgan fingerprint density at radius 2 is 2.14 bits per heavy atom. The maximum absolute atomic E-state index is 11.1. The lowest BCUT2D eigenvalue weighted by atomic mass is 10.0. The number of ether oxygens (including phenoxy) is 1. The monoisotopic (exact) mass is 195 g/mol. The summed E-state index contributed by atoms with van der Waals surface area (Å²) in [6, 6.07) is 0. The van der Waals surface area contributed by atoms with E-state index in [1.54, 1.807) is 0 Å². The van der Waals surface area contributed by atoms with Crippen molar-refractivity contribution in [3.05, 3.63) is 0 Å². The minimum absolute atomic E-state index is 0.426. The fourth-order valence-electron chi connectivity index (χ4n) is 1.06. The first-order chi connectivity index (χ1) is 6.47. The van der Waals surface area contributed by atoms with Gasteiger partial charge in [-0.25, -0.2) is 4.79 Å². The molecular formula is C11H17NO2. The third-order valence-electron chi connectivity index (χ3n) is 1.85. The van der Waals surface area contributed by atoms with Crippen molar-refractivity contribution in [2.24, 2.45) is 5.92 Å². The number of hydrogen-bond acceptors (Lipinski definition) is 3. The van der Waals surface area contributed by atoms with Crippen molar-refractivity contribution in [2.45, 2.75) is 32.8 Å². The third-order valence-corrected chi connectivity index (χ3v) is 1.85. The molecular weight excluding hydrogens is 178 g/mol.